The Hall–Kier alpha value is -0.300. The lowest BCUT2D eigenvalue weighted by molar-refractivity contribution is 0.358. The Bertz CT molecular complexity index is 234. The normalized spacial score (nSPS) is 21.7. The van der Waals surface area contributed by atoms with E-state index in [0.717, 1.165) is 6.42 Å². The van der Waals surface area contributed by atoms with E-state index in [-0.39, 0.29) is 0 Å². The highest BCUT2D eigenvalue weighted by Crippen LogP contribution is 2.30. The summed E-state index contributed by atoms with van der Waals surface area (Å²) < 4.78 is 5.74. The van der Waals surface area contributed by atoms with Crippen LogP contribution in [-0.2, 0) is 4.74 Å². The molecule has 118 valence electrons. The number of ether oxygens (including phenoxy) is 1. The molecule has 1 aliphatic heterocycles. The highest BCUT2D eigenvalue weighted by molar-refractivity contribution is 4.93. The zero-order valence-corrected chi connectivity index (χ0v) is 13.9. The summed E-state index contributed by atoms with van der Waals surface area (Å²) in [5.74, 6) is 0. The van der Waals surface area contributed by atoms with Crippen LogP contribution < -0.4 is 0 Å². The fourth-order valence-electron chi connectivity index (χ4n) is 2.80. The Labute approximate surface area is 127 Å². The van der Waals surface area contributed by atoms with Crippen molar-refractivity contribution in [3.05, 3.63) is 12.2 Å². The van der Waals surface area contributed by atoms with Crippen LogP contribution in [0.2, 0.25) is 0 Å². The van der Waals surface area contributed by atoms with E-state index >= 15 is 0 Å². The lowest BCUT2D eigenvalue weighted by Gasteiger charge is -1.99. The Morgan fingerprint density at radius 3 is 2.10 bits per heavy atom. The smallest absolute Gasteiger partial charge is 0.0876 e. The van der Waals surface area contributed by atoms with Crippen LogP contribution >= 0.6 is 0 Å². The Balaban J connectivity index is 1.81. The minimum absolute atomic E-state index is 0.553. The molecule has 0 saturated carbocycles. The summed E-state index contributed by atoms with van der Waals surface area (Å²) in [5, 5.41) is 0. The molecule has 2 atom stereocenters. The van der Waals surface area contributed by atoms with Gasteiger partial charge < -0.3 is 4.74 Å². The average molecular weight is 280 g/mol. The third kappa shape index (κ3) is 9.58. The fraction of sp³-hybridized carbons (Fsp3) is 0.895. The summed E-state index contributed by atoms with van der Waals surface area (Å²) >= 11 is 0. The Morgan fingerprint density at radius 1 is 0.700 bits per heavy atom. The minimum Gasteiger partial charge on any atom is -0.369 e. The maximum absolute atomic E-state index is 5.74. The van der Waals surface area contributed by atoms with Gasteiger partial charge in [-0.05, 0) is 25.7 Å². The number of rotatable bonds is 14. The van der Waals surface area contributed by atoms with Crippen LogP contribution in [0.5, 0.6) is 0 Å². The summed E-state index contributed by atoms with van der Waals surface area (Å²) in [4.78, 5) is 0. The second-order valence-electron chi connectivity index (χ2n) is 6.33. The highest BCUT2D eigenvalue weighted by Gasteiger charge is 2.36. The van der Waals surface area contributed by atoms with E-state index in [4.69, 9.17) is 4.74 Å². The van der Waals surface area contributed by atoms with Gasteiger partial charge in [-0.25, -0.2) is 0 Å². The number of epoxide rings is 1. The molecular weight excluding hydrogens is 244 g/mol. The van der Waals surface area contributed by atoms with Gasteiger partial charge in [0.2, 0.25) is 0 Å². The Kier molecular flexibility index (Phi) is 11.0. The molecule has 0 amide bonds. The van der Waals surface area contributed by atoms with E-state index in [1.54, 1.807) is 0 Å². The molecule has 1 heteroatoms. The van der Waals surface area contributed by atoms with Gasteiger partial charge in [0.05, 0.1) is 12.2 Å². The first-order valence-electron chi connectivity index (χ1n) is 9.19. The van der Waals surface area contributed by atoms with Crippen molar-refractivity contribution in [2.45, 2.75) is 110 Å². The molecule has 1 saturated heterocycles. The third-order valence-corrected chi connectivity index (χ3v) is 4.29. The van der Waals surface area contributed by atoms with Gasteiger partial charge in [0.15, 0.2) is 0 Å². The van der Waals surface area contributed by atoms with E-state index in [1.165, 1.54) is 77.0 Å². The second kappa shape index (κ2) is 12.4. The molecule has 20 heavy (non-hydrogen) atoms. The van der Waals surface area contributed by atoms with Crippen LogP contribution in [0.25, 0.3) is 0 Å². The molecule has 1 fully saturated rings. The van der Waals surface area contributed by atoms with Crippen LogP contribution in [0.15, 0.2) is 12.2 Å². The summed E-state index contributed by atoms with van der Waals surface area (Å²) in [6.07, 6.45) is 23.4. The largest absolute Gasteiger partial charge is 0.369 e. The van der Waals surface area contributed by atoms with Gasteiger partial charge in [0.25, 0.3) is 0 Å². The first kappa shape index (κ1) is 17.8. The van der Waals surface area contributed by atoms with Gasteiger partial charge in [-0.15, -0.1) is 0 Å². The summed E-state index contributed by atoms with van der Waals surface area (Å²) in [6, 6.07) is 0. The zero-order chi connectivity index (χ0) is 14.5. The van der Waals surface area contributed by atoms with Crippen molar-refractivity contribution < 1.29 is 4.74 Å². The third-order valence-electron chi connectivity index (χ3n) is 4.29. The van der Waals surface area contributed by atoms with E-state index < -0.39 is 0 Å². The van der Waals surface area contributed by atoms with Crippen molar-refractivity contribution in [2.24, 2.45) is 0 Å². The van der Waals surface area contributed by atoms with Gasteiger partial charge in [-0.3, -0.25) is 0 Å². The molecule has 0 aromatic carbocycles. The van der Waals surface area contributed by atoms with E-state index in [2.05, 4.69) is 26.0 Å². The molecule has 1 rings (SSSR count). The van der Waals surface area contributed by atoms with Crippen LogP contribution in [0, 0.1) is 0 Å². The first-order valence-corrected chi connectivity index (χ1v) is 9.19. The maximum atomic E-state index is 5.74. The van der Waals surface area contributed by atoms with E-state index in [9.17, 15) is 0 Å². The molecule has 1 nitrogen and oxygen atoms in total. The lowest BCUT2D eigenvalue weighted by Crippen LogP contribution is -1.93. The molecule has 1 aliphatic rings. The van der Waals surface area contributed by atoms with Gasteiger partial charge in [-0.2, -0.15) is 0 Å². The zero-order valence-electron chi connectivity index (χ0n) is 13.9. The molecular formula is C19H36O. The molecule has 0 radical (unpaired) electrons. The molecule has 0 aromatic rings. The van der Waals surface area contributed by atoms with Gasteiger partial charge in [-0.1, -0.05) is 83.8 Å². The molecule has 0 aromatic heterocycles. The predicted octanol–water partition coefficient (Wildman–Crippen LogP) is 6.42. The summed E-state index contributed by atoms with van der Waals surface area (Å²) in [7, 11) is 0. The van der Waals surface area contributed by atoms with Crippen molar-refractivity contribution >= 4 is 0 Å². The minimum atomic E-state index is 0.553. The SMILES string of the molecule is CCCCC/C=C\C[C@@H]1O[C@@H]1CCCCCCCCC. The van der Waals surface area contributed by atoms with Crippen LogP contribution in [-0.4, -0.2) is 12.2 Å². The van der Waals surface area contributed by atoms with Gasteiger partial charge >= 0.3 is 0 Å². The maximum Gasteiger partial charge on any atom is 0.0876 e. The molecule has 0 bridgehead atoms. The number of unbranched alkanes of at least 4 members (excludes halogenated alkanes) is 9. The fourth-order valence-corrected chi connectivity index (χ4v) is 2.80. The highest BCUT2D eigenvalue weighted by atomic mass is 16.6. The number of hydrogen-bond donors (Lipinski definition) is 0. The number of hydrogen-bond acceptors (Lipinski definition) is 1. The van der Waals surface area contributed by atoms with Gasteiger partial charge in [0.1, 0.15) is 0 Å². The standard InChI is InChI=1S/C19H36O/c1-3-5-7-9-11-13-15-17-19-18(20-19)16-14-12-10-8-6-4-2/h12,14,18-19H,3-11,13,15-17H2,1-2H3/b14-12-/t18-,19+/m0/s1. The van der Waals surface area contributed by atoms with Crippen LogP contribution in [0.3, 0.4) is 0 Å². The second-order valence-corrected chi connectivity index (χ2v) is 6.33. The molecule has 0 spiro atoms. The van der Waals surface area contributed by atoms with Gasteiger partial charge in [0, 0.05) is 0 Å². The molecule has 0 unspecified atom stereocenters. The number of allylic oxidation sites excluding steroid dienone is 1. The first-order chi connectivity index (χ1) is 9.88. The average Bonchev–Trinajstić information content (AvgIpc) is 3.20. The van der Waals surface area contributed by atoms with Crippen LogP contribution in [0.1, 0.15) is 97.3 Å². The van der Waals surface area contributed by atoms with Crippen LogP contribution in [0.4, 0.5) is 0 Å². The predicted molar refractivity (Wildman–Crippen MR) is 89.2 cm³/mol. The lowest BCUT2D eigenvalue weighted by atomic mass is 10.1. The van der Waals surface area contributed by atoms with Crippen molar-refractivity contribution in [1.29, 1.82) is 0 Å². The molecule has 0 N–H and O–H groups in total. The molecule has 0 aliphatic carbocycles. The van der Waals surface area contributed by atoms with E-state index in [0.29, 0.717) is 12.2 Å². The topological polar surface area (TPSA) is 12.5 Å². The quantitative estimate of drug-likeness (QED) is 0.203. The van der Waals surface area contributed by atoms with Crippen molar-refractivity contribution in [3.63, 3.8) is 0 Å². The monoisotopic (exact) mass is 280 g/mol. The summed E-state index contributed by atoms with van der Waals surface area (Å²) in [6.45, 7) is 4.54. The van der Waals surface area contributed by atoms with E-state index in [1.807, 2.05) is 0 Å². The van der Waals surface area contributed by atoms with Crippen molar-refractivity contribution in [1.82, 2.24) is 0 Å². The summed E-state index contributed by atoms with van der Waals surface area (Å²) in [5.41, 5.74) is 0. The van der Waals surface area contributed by atoms with Crippen molar-refractivity contribution in [3.8, 4) is 0 Å². The Morgan fingerprint density at radius 2 is 1.35 bits per heavy atom. The molecule has 1 heterocycles. The van der Waals surface area contributed by atoms with Crippen molar-refractivity contribution in [2.75, 3.05) is 0 Å².